The van der Waals surface area contributed by atoms with Crippen LogP contribution in [0.15, 0.2) is 12.7 Å². The fraction of sp³-hybridized carbons (Fsp3) is 0.700. The van der Waals surface area contributed by atoms with Crippen molar-refractivity contribution < 1.29 is 0 Å². The average Bonchev–Trinajstić information content (AvgIpc) is 2.09. The summed E-state index contributed by atoms with van der Waals surface area (Å²) >= 11 is 0. The van der Waals surface area contributed by atoms with Crippen LogP contribution in [0.1, 0.15) is 32.1 Å². The highest BCUT2D eigenvalue weighted by Crippen LogP contribution is 2.29. The quantitative estimate of drug-likeness (QED) is 0.554. The molecule has 11 heavy (non-hydrogen) atoms. The zero-order valence-electron chi connectivity index (χ0n) is 6.92. The van der Waals surface area contributed by atoms with Crippen molar-refractivity contribution in [1.82, 2.24) is 0 Å². The Kier molecular flexibility index (Phi) is 3.16. The van der Waals surface area contributed by atoms with Gasteiger partial charge in [0.1, 0.15) is 0 Å². The van der Waals surface area contributed by atoms with E-state index < -0.39 is 0 Å². The van der Waals surface area contributed by atoms with Crippen molar-refractivity contribution in [3.63, 3.8) is 0 Å². The first kappa shape index (κ1) is 8.33. The molecule has 0 bridgehead atoms. The Balaban J connectivity index is 2.44. The number of hydrogen-bond donors (Lipinski definition) is 0. The molecule has 1 atom stereocenters. The molecule has 1 aliphatic carbocycles. The Bertz CT molecular complexity index is 160. The topological polar surface area (TPSA) is 23.8 Å². The van der Waals surface area contributed by atoms with Gasteiger partial charge in [-0.25, -0.2) is 0 Å². The van der Waals surface area contributed by atoms with E-state index in [1.54, 1.807) is 6.08 Å². The lowest BCUT2D eigenvalue weighted by atomic mass is 9.81. The third-order valence-corrected chi connectivity index (χ3v) is 2.56. The van der Waals surface area contributed by atoms with Gasteiger partial charge in [-0.05, 0) is 18.8 Å². The highest BCUT2D eigenvalue weighted by Gasteiger charge is 2.20. The SMILES string of the molecule is C=CC(C#N)C1CCCCC1. The number of hydrogen-bond acceptors (Lipinski definition) is 1. The van der Waals surface area contributed by atoms with Crippen molar-refractivity contribution in [1.29, 1.82) is 5.26 Å². The Morgan fingerprint density at radius 1 is 1.36 bits per heavy atom. The molecule has 0 aliphatic heterocycles. The van der Waals surface area contributed by atoms with Gasteiger partial charge in [0, 0.05) is 0 Å². The fourth-order valence-corrected chi connectivity index (χ4v) is 1.84. The van der Waals surface area contributed by atoms with E-state index in [4.69, 9.17) is 5.26 Å². The van der Waals surface area contributed by atoms with Crippen LogP contribution >= 0.6 is 0 Å². The molecule has 0 N–H and O–H groups in total. The molecular formula is C10H15N. The monoisotopic (exact) mass is 149 g/mol. The highest BCUT2D eigenvalue weighted by molar-refractivity contribution is 4.99. The van der Waals surface area contributed by atoms with E-state index in [-0.39, 0.29) is 5.92 Å². The minimum absolute atomic E-state index is 0.107. The van der Waals surface area contributed by atoms with Gasteiger partial charge < -0.3 is 0 Å². The smallest absolute Gasteiger partial charge is 0.0700 e. The third-order valence-electron chi connectivity index (χ3n) is 2.56. The van der Waals surface area contributed by atoms with E-state index in [1.807, 2.05) is 0 Å². The molecule has 0 aromatic carbocycles. The summed E-state index contributed by atoms with van der Waals surface area (Å²) in [5, 5.41) is 8.76. The molecule has 0 saturated heterocycles. The minimum atomic E-state index is 0.107. The van der Waals surface area contributed by atoms with Crippen LogP contribution in [0.4, 0.5) is 0 Å². The molecule has 0 aromatic heterocycles. The molecule has 1 aliphatic rings. The first-order chi connectivity index (χ1) is 5.38. The van der Waals surface area contributed by atoms with Crippen LogP contribution in [0, 0.1) is 23.2 Å². The number of allylic oxidation sites excluding steroid dienone is 1. The minimum Gasteiger partial charge on any atom is -0.198 e. The van der Waals surface area contributed by atoms with Crippen LogP contribution < -0.4 is 0 Å². The molecule has 0 heterocycles. The summed E-state index contributed by atoms with van der Waals surface area (Å²) < 4.78 is 0. The Morgan fingerprint density at radius 2 is 2.00 bits per heavy atom. The van der Waals surface area contributed by atoms with E-state index in [0.29, 0.717) is 5.92 Å². The standard InChI is InChI=1S/C10H15N/c1-2-9(8-11)10-6-4-3-5-7-10/h2,9-10H,1,3-7H2. The molecule has 1 saturated carbocycles. The van der Waals surface area contributed by atoms with Crippen molar-refractivity contribution in [2.45, 2.75) is 32.1 Å². The lowest BCUT2D eigenvalue weighted by Gasteiger charge is -2.23. The Labute approximate surface area is 68.7 Å². The van der Waals surface area contributed by atoms with Gasteiger partial charge in [0.2, 0.25) is 0 Å². The van der Waals surface area contributed by atoms with Crippen molar-refractivity contribution >= 4 is 0 Å². The molecule has 60 valence electrons. The van der Waals surface area contributed by atoms with Gasteiger partial charge in [-0.15, -0.1) is 6.58 Å². The molecule has 1 rings (SSSR count). The van der Waals surface area contributed by atoms with E-state index >= 15 is 0 Å². The van der Waals surface area contributed by atoms with Crippen molar-refractivity contribution in [2.75, 3.05) is 0 Å². The second kappa shape index (κ2) is 4.18. The van der Waals surface area contributed by atoms with Crippen LogP contribution in [0.3, 0.4) is 0 Å². The van der Waals surface area contributed by atoms with Crippen LogP contribution in [0.5, 0.6) is 0 Å². The van der Waals surface area contributed by atoms with Gasteiger partial charge in [-0.1, -0.05) is 25.3 Å². The van der Waals surface area contributed by atoms with E-state index in [0.717, 1.165) is 0 Å². The summed E-state index contributed by atoms with van der Waals surface area (Å²) in [5.74, 6) is 0.710. The largest absolute Gasteiger partial charge is 0.198 e. The molecule has 0 radical (unpaired) electrons. The summed E-state index contributed by atoms with van der Waals surface area (Å²) in [6.45, 7) is 3.68. The highest BCUT2D eigenvalue weighted by atomic mass is 14.3. The predicted octanol–water partition coefficient (Wildman–Crippen LogP) is 2.89. The fourth-order valence-electron chi connectivity index (χ4n) is 1.84. The molecule has 1 fully saturated rings. The molecular weight excluding hydrogens is 134 g/mol. The number of nitrogens with zero attached hydrogens (tertiary/aromatic N) is 1. The maximum Gasteiger partial charge on any atom is 0.0700 e. The second-order valence-corrected chi connectivity index (χ2v) is 3.29. The van der Waals surface area contributed by atoms with E-state index in [1.165, 1.54) is 32.1 Å². The maximum atomic E-state index is 8.76. The lowest BCUT2D eigenvalue weighted by molar-refractivity contribution is 0.322. The Hall–Kier alpha value is -0.770. The number of rotatable bonds is 2. The molecule has 1 unspecified atom stereocenters. The zero-order chi connectivity index (χ0) is 8.10. The van der Waals surface area contributed by atoms with Gasteiger partial charge in [-0.3, -0.25) is 0 Å². The van der Waals surface area contributed by atoms with Crippen LogP contribution in [0.25, 0.3) is 0 Å². The van der Waals surface area contributed by atoms with Gasteiger partial charge in [0.05, 0.1) is 12.0 Å². The third kappa shape index (κ3) is 2.08. The molecule has 1 heteroatoms. The van der Waals surface area contributed by atoms with Crippen LogP contribution in [0.2, 0.25) is 0 Å². The summed E-state index contributed by atoms with van der Waals surface area (Å²) in [4.78, 5) is 0. The van der Waals surface area contributed by atoms with Gasteiger partial charge in [0.15, 0.2) is 0 Å². The van der Waals surface area contributed by atoms with Crippen LogP contribution in [-0.4, -0.2) is 0 Å². The Morgan fingerprint density at radius 3 is 2.45 bits per heavy atom. The molecule has 0 aromatic rings. The van der Waals surface area contributed by atoms with Crippen molar-refractivity contribution in [3.8, 4) is 6.07 Å². The lowest BCUT2D eigenvalue weighted by Crippen LogP contribution is -2.14. The summed E-state index contributed by atoms with van der Waals surface area (Å²) in [6.07, 6.45) is 8.21. The van der Waals surface area contributed by atoms with Gasteiger partial charge >= 0.3 is 0 Å². The molecule has 1 nitrogen and oxygen atoms in total. The maximum absolute atomic E-state index is 8.76. The number of nitriles is 1. The van der Waals surface area contributed by atoms with Gasteiger partial charge in [-0.2, -0.15) is 5.26 Å². The van der Waals surface area contributed by atoms with E-state index in [2.05, 4.69) is 12.6 Å². The van der Waals surface area contributed by atoms with Gasteiger partial charge in [0.25, 0.3) is 0 Å². The summed E-state index contributed by atoms with van der Waals surface area (Å²) in [5.41, 5.74) is 0. The first-order valence-corrected chi connectivity index (χ1v) is 4.40. The summed E-state index contributed by atoms with van der Waals surface area (Å²) in [7, 11) is 0. The average molecular weight is 149 g/mol. The predicted molar refractivity (Wildman–Crippen MR) is 45.9 cm³/mol. The second-order valence-electron chi connectivity index (χ2n) is 3.29. The first-order valence-electron chi connectivity index (χ1n) is 4.40. The zero-order valence-corrected chi connectivity index (χ0v) is 6.92. The summed E-state index contributed by atoms with van der Waals surface area (Å²) in [6, 6.07) is 2.30. The molecule has 0 amide bonds. The van der Waals surface area contributed by atoms with Crippen LogP contribution in [-0.2, 0) is 0 Å². The molecule has 0 spiro atoms. The van der Waals surface area contributed by atoms with Crippen molar-refractivity contribution in [2.24, 2.45) is 11.8 Å². The normalized spacial score (nSPS) is 22.1. The van der Waals surface area contributed by atoms with E-state index in [9.17, 15) is 0 Å². The van der Waals surface area contributed by atoms with Crippen molar-refractivity contribution in [3.05, 3.63) is 12.7 Å².